The van der Waals surface area contributed by atoms with E-state index in [2.05, 4.69) is 12.2 Å². The van der Waals surface area contributed by atoms with Gasteiger partial charge >= 0.3 is 0 Å². The molecule has 1 N–H and O–H groups in total. The summed E-state index contributed by atoms with van der Waals surface area (Å²) >= 11 is 0. The van der Waals surface area contributed by atoms with E-state index in [1.54, 1.807) is 6.07 Å². The average Bonchev–Trinajstić information content (AvgIpc) is 2.87. The van der Waals surface area contributed by atoms with E-state index in [0.29, 0.717) is 18.2 Å². The first-order valence-electron chi connectivity index (χ1n) is 7.66. The van der Waals surface area contributed by atoms with Crippen molar-refractivity contribution in [3.8, 4) is 5.75 Å². The molecule has 0 unspecified atom stereocenters. The maximum absolute atomic E-state index is 11.7. The Morgan fingerprint density at radius 3 is 2.86 bits per heavy atom. The Morgan fingerprint density at radius 1 is 1.33 bits per heavy atom. The van der Waals surface area contributed by atoms with Gasteiger partial charge < -0.3 is 14.5 Å². The van der Waals surface area contributed by atoms with Crippen molar-refractivity contribution in [3.63, 3.8) is 0 Å². The molecule has 0 saturated heterocycles. The second kappa shape index (κ2) is 5.90. The normalized spacial score (nSPS) is 21.2. The van der Waals surface area contributed by atoms with Gasteiger partial charge in [-0.3, -0.25) is 4.79 Å². The molecule has 1 aromatic carbocycles. The number of hydrogen-bond donors (Lipinski definition) is 1. The molecule has 1 saturated carbocycles. The van der Waals surface area contributed by atoms with Gasteiger partial charge in [-0.15, -0.1) is 0 Å². The third-order valence-corrected chi connectivity index (χ3v) is 3.97. The zero-order chi connectivity index (χ0) is 14.8. The third kappa shape index (κ3) is 2.95. The molecular weight excluding hydrogens is 266 g/mol. The van der Waals surface area contributed by atoms with Crippen molar-refractivity contribution in [2.24, 2.45) is 0 Å². The van der Waals surface area contributed by atoms with E-state index < -0.39 is 0 Å². The SMILES string of the molecule is CCNC1CC(Oc2ccc3oc(C(=O)CC)cc3c2)C1. The second-order valence-corrected chi connectivity index (χ2v) is 5.55. The number of carbonyl (C=O) groups is 1. The highest BCUT2D eigenvalue weighted by molar-refractivity contribution is 5.97. The van der Waals surface area contributed by atoms with E-state index >= 15 is 0 Å². The van der Waals surface area contributed by atoms with E-state index in [4.69, 9.17) is 9.15 Å². The van der Waals surface area contributed by atoms with Gasteiger partial charge in [0.15, 0.2) is 11.5 Å². The number of benzene rings is 1. The molecule has 0 spiro atoms. The molecule has 1 fully saturated rings. The zero-order valence-electron chi connectivity index (χ0n) is 12.5. The van der Waals surface area contributed by atoms with E-state index in [9.17, 15) is 4.79 Å². The lowest BCUT2D eigenvalue weighted by atomic mass is 9.89. The standard InChI is InChI=1S/C17H21NO3/c1-3-15(19)17-8-11-7-13(5-6-16(11)21-17)20-14-9-12(10-14)18-4-2/h5-8,12,14,18H,3-4,9-10H2,1-2H3. The summed E-state index contributed by atoms with van der Waals surface area (Å²) in [5, 5.41) is 4.34. The molecule has 2 aromatic rings. The summed E-state index contributed by atoms with van der Waals surface area (Å²) < 4.78 is 11.5. The molecule has 4 nitrogen and oxygen atoms in total. The minimum atomic E-state index is 0.0288. The fraction of sp³-hybridized carbons (Fsp3) is 0.471. The van der Waals surface area contributed by atoms with Crippen molar-refractivity contribution in [2.45, 2.75) is 45.3 Å². The van der Waals surface area contributed by atoms with Crippen LogP contribution in [0, 0.1) is 0 Å². The maximum Gasteiger partial charge on any atom is 0.197 e. The minimum Gasteiger partial charge on any atom is -0.490 e. The fourth-order valence-corrected chi connectivity index (χ4v) is 2.72. The second-order valence-electron chi connectivity index (χ2n) is 5.55. The predicted octanol–water partition coefficient (Wildman–Crippen LogP) is 3.54. The minimum absolute atomic E-state index is 0.0288. The Bertz CT molecular complexity index is 641. The highest BCUT2D eigenvalue weighted by atomic mass is 16.5. The van der Waals surface area contributed by atoms with Gasteiger partial charge in [-0.25, -0.2) is 0 Å². The van der Waals surface area contributed by atoms with Crippen molar-refractivity contribution in [1.29, 1.82) is 0 Å². The van der Waals surface area contributed by atoms with Crippen molar-refractivity contribution in [2.75, 3.05) is 6.54 Å². The molecule has 3 rings (SSSR count). The van der Waals surface area contributed by atoms with Gasteiger partial charge in [-0.05, 0) is 43.7 Å². The van der Waals surface area contributed by atoms with Crippen LogP contribution in [0.25, 0.3) is 11.0 Å². The van der Waals surface area contributed by atoms with Gasteiger partial charge in [0.1, 0.15) is 17.4 Å². The number of fused-ring (bicyclic) bond motifs is 1. The Kier molecular flexibility index (Phi) is 3.97. The summed E-state index contributed by atoms with van der Waals surface area (Å²) in [4.78, 5) is 11.7. The van der Waals surface area contributed by atoms with Crippen LogP contribution >= 0.6 is 0 Å². The van der Waals surface area contributed by atoms with Crippen LogP contribution in [0.1, 0.15) is 43.7 Å². The molecule has 21 heavy (non-hydrogen) atoms. The monoisotopic (exact) mass is 287 g/mol. The van der Waals surface area contributed by atoms with Crippen LogP contribution in [0.3, 0.4) is 0 Å². The highest BCUT2D eigenvalue weighted by Crippen LogP contribution is 2.29. The van der Waals surface area contributed by atoms with Crippen molar-refractivity contribution < 1.29 is 13.9 Å². The van der Waals surface area contributed by atoms with E-state index in [1.165, 1.54) is 0 Å². The van der Waals surface area contributed by atoms with Crippen molar-refractivity contribution in [1.82, 2.24) is 5.32 Å². The van der Waals surface area contributed by atoms with Crippen molar-refractivity contribution in [3.05, 3.63) is 30.0 Å². The van der Waals surface area contributed by atoms with E-state index in [0.717, 1.165) is 36.1 Å². The Morgan fingerprint density at radius 2 is 2.14 bits per heavy atom. The summed E-state index contributed by atoms with van der Waals surface area (Å²) in [5.41, 5.74) is 0.735. The molecule has 0 atom stereocenters. The Labute approximate surface area is 124 Å². The molecule has 4 heteroatoms. The number of ketones is 1. The molecule has 112 valence electrons. The lowest BCUT2D eigenvalue weighted by Crippen LogP contribution is -2.46. The number of Topliss-reactive ketones (excluding diaryl/α,β-unsaturated/α-hetero) is 1. The molecule has 0 radical (unpaired) electrons. The lowest BCUT2D eigenvalue weighted by molar-refractivity contribution is 0.0861. The fourth-order valence-electron chi connectivity index (χ4n) is 2.72. The van der Waals surface area contributed by atoms with Crippen LogP contribution in [-0.4, -0.2) is 24.5 Å². The number of ether oxygens (including phenoxy) is 1. The van der Waals surface area contributed by atoms with Crippen LogP contribution in [-0.2, 0) is 0 Å². The molecule has 1 aliphatic carbocycles. The quantitative estimate of drug-likeness (QED) is 0.826. The third-order valence-electron chi connectivity index (χ3n) is 3.97. The number of carbonyl (C=O) groups excluding carboxylic acids is 1. The topological polar surface area (TPSA) is 51.5 Å². The number of nitrogens with one attached hydrogen (secondary N) is 1. The number of furan rings is 1. The van der Waals surface area contributed by atoms with Crippen LogP contribution < -0.4 is 10.1 Å². The first-order chi connectivity index (χ1) is 10.2. The van der Waals surface area contributed by atoms with Gasteiger partial charge in [0.2, 0.25) is 0 Å². The van der Waals surface area contributed by atoms with Crippen LogP contribution in [0.5, 0.6) is 5.75 Å². The maximum atomic E-state index is 11.7. The van der Waals surface area contributed by atoms with Gasteiger partial charge in [0.05, 0.1) is 0 Å². The number of hydrogen-bond acceptors (Lipinski definition) is 4. The van der Waals surface area contributed by atoms with Gasteiger partial charge in [-0.2, -0.15) is 0 Å². The molecule has 1 aliphatic rings. The smallest absolute Gasteiger partial charge is 0.197 e. The van der Waals surface area contributed by atoms with Gasteiger partial charge in [-0.1, -0.05) is 13.8 Å². The predicted molar refractivity (Wildman–Crippen MR) is 82.0 cm³/mol. The summed E-state index contributed by atoms with van der Waals surface area (Å²) in [7, 11) is 0. The zero-order valence-corrected chi connectivity index (χ0v) is 12.5. The van der Waals surface area contributed by atoms with E-state index in [-0.39, 0.29) is 11.9 Å². The summed E-state index contributed by atoms with van der Waals surface area (Å²) in [6, 6.07) is 8.12. The van der Waals surface area contributed by atoms with Crippen LogP contribution in [0.15, 0.2) is 28.7 Å². The largest absolute Gasteiger partial charge is 0.490 e. The average molecular weight is 287 g/mol. The first-order valence-corrected chi connectivity index (χ1v) is 7.66. The van der Waals surface area contributed by atoms with Crippen LogP contribution in [0.4, 0.5) is 0 Å². The Hall–Kier alpha value is -1.81. The van der Waals surface area contributed by atoms with Gasteiger partial charge in [0.25, 0.3) is 0 Å². The lowest BCUT2D eigenvalue weighted by Gasteiger charge is -2.35. The van der Waals surface area contributed by atoms with Crippen LogP contribution in [0.2, 0.25) is 0 Å². The molecule has 1 aromatic heterocycles. The molecule has 0 amide bonds. The summed E-state index contributed by atoms with van der Waals surface area (Å²) in [5.74, 6) is 1.31. The molecule has 1 heterocycles. The molecular formula is C17H21NO3. The number of rotatable bonds is 6. The first kappa shape index (κ1) is 14.1. The highest BCUT2D eigenvalue weighted by Gasteiger charge is 2.30. The van der Waals surface area contributed by atoms with Crippen molar-refractivity contribution >= 4 is 16.8 Å². The van der Waals surface area contributed by atoms with Gasteiger partial charge in [0, 0.05) is 17.8 Å². The Balaban J connectivity index is 1.68. The molecule has 0 aliphatic heterocycles. The summed E-state index contributed by atoms with van der Waals surface area (Å²) in [6.07, 6.45) is 2.85. The molecule has 0 bridgehead atoms. The summed E-state index contributed by atoms with van der Waals surface area (Å²) in [6.45, 7) is 4.96. The van der Waals surface area contributed by atoms with E-state index in [1.807, 2.05) is 25.1 Å².